The zero-order valence-electron chi connectivity index (χ0n) is 10.6. The summed E-state index contributed by atoms with van der Waals surface area (Å²) >= 11 is 0. The number of rotatable bonds is 2. The van der Waals surface area contributed by atoms with Crippen molar-refractivity contribution in [3.63, 3.8) is 0 Å². The van der Waals surface area contributed by atoms with Gasteiger partial charge in [-0.25, -0.2) is 0 Å². The van der Waals surface area contributed by atoms with Crippen LogP contribution in [0.4, 0.5) is 13.2 Å². The number of nitriles is 1. The molecule has 1 atom stereocenters. The molecule has 0 saturated carbocycles. The standard InChI is InChI=1S/C13H11F3N2O2/c1-18-5-4-11(12(18)19)20-10-3-2-8(7-17)6-9(10)13(14,15)16/h2-3,6,11H,4-5H2,1H3. The van der Waals surface area contributed by atoms with Crippen molar-refractivity contribution >= 4 is 5.91 Å². The molecular weight excluding hydrogens is 273 g/mol. The number of halogens is 3. The van der Waals surface area contributed by atoms with Gasteiger partial charge in [0.2, 0.25) is 0 Å². The van der Waals surface area contributed by atoms with E-state index in [1.165, 1.54) is 11.0 Å². The maximum absolute atomic E-state index is 12.9. The van der Waals surface area contributed by atoms with Crippen molar-refractivity contribution in [3.05, 3.63) is 29.3 Å². The van der Waals surface area contributed by atoms with Crippen molar-refractivity contribution in [3.8, 4) is 11.8 Å². The van der Waals surface area contributed by atoms with Crippen LogP contribution in [0.3, 0.4) is 0 Å². The summed E-state index contributed by atoms with van der Waals surface area (Å²) in [4.78, 5) is 13.1. The minimum atomic E-state index is -4.64. The zero-order chi connectivity index (χ0) is 14.9. The summed E-state index contributed by atoms with van der Waals surface area (Å²) in [6, 6.07) is 4.67. The van der Waals surface area contributed by atoms with Gasteiger partial charge in [-0.05, 0) is 18.2 Å². The lowest BCUT2D eigenvalue weighted by atomic mass is 10.1. The highest BCUT2D eigenvalue weighted by atomic mass is 19.4. The van der Waals surface area contributed by atoms with Gasteiger partial charge in [0, 0.05) is 20.0 Å². The van der Waals surface area contributed by atoms with Gasteiger partial charge in [0.15, 0.2) is 6.10 Å². The van der Waals surface area contributed by atoms with Crippen molar-refractivity contribution in [2.45, 2.75) is 18.7 Å². The Hall–Kier alpha value is -2.23. The third kappa shape index (κ3) is 2.69. The van der Waals surface area contributed by atoms with Gasteiger partial charge in [0.05, 0.1) is 17.2 Å². The molecule has 0 aromatic heterocycles. The summed E-state index contributed by atoms with van der Waals surface area (Å²) in [6.07, 6.45) is -5.21. The van der Waals surface area contributed by atoms with Crippen molar-refractivity contribution < 1.29 is 22.7 Å². The van der Waals surface area contributed by atoms with Crippen LogP contribution in [0.1, 0.15) is 17.5 Å². The predicted octanol–water partition coefficient (Wildman–Crippen LogP) is 2.19. The molecule has 1 unspecified atom stereocenters. The fourth-order valence-corrected chi connectivity index (χ4v) is 1.98. The highest BCUT2D eigenvalue weighted by Gasteiger charge is 2.37. The van der Waals surface area contributed by atoms with Crippen LogP contribution < -0.4 is 4.74 Å². The Balaban J connectivity index is 2.32. The van der Waals surface area contributed by atoms with E-state index in [1.807, 2.05) is 0 Å². The molecule has 1 aromatic carbocycles. The first-order valence-corrected chi connectivity index (χ1v) is 5.86. The van der Waals surface area contributed by atoms with Crippen LogP contribution in [-0.4, -0.2) is 30.5 Å². The average molecular weight is 284 g/mol. The molecule has 0 radical (unpaired) electrons. The molecular formula is C13H11F3N2O2. The van der Waals surface area contributed by atoms with Gasteiger partial charge < -0.3 is 9.64 Å². The Kier molecular flexibility index (Phi) is 3.57. The number of nitrogens with zero attached hydrogens (tertiary/aromatic N) is 2. The number of alkyl halides is 3. The van der Waals surface area contributed by atoms with Gasteiger partial charge in [-0.3, -0.25) is 4.79 Å². The Morgan fingerprint density at radius 1 is 1.45 bits per heavy atom. The molecule has 1 aliphatic rings. The molecule has 106 valence electrons. The van der Waals surface area contributed by atoms with Crippen molar-refractivity contribution in [1.29, 1.82) is 5.26 Å². The molecule has 4 nitrogen and oxygen atoms in total. The van der Waals surface area contributed by atoms with Crippen LogP contribution in [0.5, 0.6) is 5.75 Å². The number of hydrogen-bond donors (Lipinski definition) is 0. The number of carbonyl (C=O) groups is 1. The van der Waals surface area contributed by atoms with Crippen LogP contribution in [0.15, 0.2) is 18.2 Å². The lowest BCUT2D eigenvalue weighted by molar-refractivity contribution is -0.141. The van der Waals surface area contributed by atoms with E-state index in [0.717, 1.165) is 12.1 Å². The highest BCUT2D eigenvalue weighted by molar-refractivity contribution is 5.83. The molecule has 1 heterocycles. The molecule has 7 heteroatoms. The number of carbonyl (C=O) groups excluding carboxylic acids is 1. The summed E-state index contributed by atoms with van der Waals surface area (Å²) in [5, 5.41) is 8.66. The number of hydrogen-bond acceptors (Lipinski definition) is 3. The first-order valence-electron chi connectivity index (χ1n) is 5.86. The zero-order valence-corrected chi connectivity index (χ0v) is 10.6. The maximum Gasteiger partial charge on any atom is 0.420 e. The molecule has 20 heavy (non-hydrogen) atoms. The molecule has 0 bridgehead atoms. The minimum absolute atomic E-state index is 0.112. The van der Waals surface area contributed by atoms with Gasteiger partial charge in [-0.15, -0.1) is 0 Å². The smallest absolute Gasteiger partial charge is 0.420 e. The second-order valence-electron chi connectivity index (χ2n) is 4.48. The van der Waals surface area contributed by atoms with E-state index < -0.39 is 23.6 Å². The summed E-state index contributed by atoms with van der Waals surface area (Å²) < 4.78 is 44.0. The van der Waals surface area contributed by atoms with E-state index in [0.29, 0.717) is 13.0 Å². The maximum atomic E-state index is 12.9. The van der Waals surface area contributed by atoms with E-state index in [2.05, 4.69) is 0 Å². The fraction of sp³-hybridized carbons (Fsp3) is 0.385. The molecule has 1 saturated heterocycles. The topological polar surface area (TPSA) is 53.3 Å². The van der Waals surface area contributed by atoms with E-state index in [4.69, 9.17) is 10.00 Å². The highest BCUT2D eigenvalue weighted by Crippen LogP contribution is 2.37. The monoisotopic (exact) mass is 284 g/mol. The Morgan fingerprint density at radius 2 is 2.15 bits per heavy atom. The lowest BCUT2D eigenvalue weighted by Gasteiger charge is -2.17. The Morgan fingerprint density at radius 3 is 2.65 bits per heavy atom. The third-order valence-corrected chi connectivity index (χ3v) is 3.06. The normalized spacial score (nSPS) is 19.1. The van der Waals surface area contributed by atoms with Crippen molar-refractivity contribution in [2.24, 2.45) is 0 Å². The van der Waals surface area contributed by atoms with Crippen molar-refractivity contribution in [2.75, 3.05) is 13.6 Å². The number of benzene rings is 1. The largest absolute Gasteiger partial charge is 0.480 e. The molecule has 0 spiro atoms. The van der Waals surface area contributed by atoms with Gasteiger partial charge in [-0.1, -0.05) is 0 Å². The quantitative estimate of drug-likeness (QED) is 0.836. The molecule has 1 amide bonds. The number of likely N-dealkylation sites (N-methyl/N-ethyl adjacent to an activating group) is 1. The Bertz CT molecular complexity index is 578. The first-order chi connectivity index (χ1) is 9.32. The fourth-order valence-electron chi connectivity index (χ4n) is 1.98. The first kappa shape index (κ1) is 14.2. The molecule has 2 rings (SSSR count). The summed E-state index contributed by atoms with van der Waals surface area (Å²) in [5.41, 5.74) is -1.15. The molecule has 0 N–H and O–H groups in total. The predicted molar refractivity (Wildman–Crippen MR) is 62.8 cm³/mol. The molecule has 1 aliphatic heterocycles. The van der Waals surface area contributed by atoms with Gasteiger partial charge in [0.25, 0.3) is 5.91 Å². The molecule has 0 aliphatic carbocycles. The van der Waals surface area contributed by atoms with Gasteiger partial charge in [0.1, 0.15) is 5.75 Å². The number of likely N-dealkylation sites (tertiary alicyclic amines) is 1. The van der Waals surface area contributed by atoms with E-state index in [9.17, 15) is 18.0 Å². The number of ether oxygens (including phenoxy) is 1. The summed E-state index contributed by atoms with van der Waals surface area (Å²) in [5.74, 6) is -0.771. The molecule has 1 aromatic rings. The average Bonchev–Trinajstić information content (AvgIpc) is 2.70. The van der Waals surface area contributed by atoms with Crippen LogP contribution in [-0.2, 0) is 11.0 Å². The van der Waals surface area contributed by atoms with Crippen LogP contribution in [0.2, 0.25) is 0 Å². The van der Waals surface area contributed by atoms with Crippen LogP contribution in [0.25, 0.3) is 0 Å². The van der Waals surface area contributed by atoms with Crippen LogP contribution in [0, 0.1) is 11.3 Å². The second kappa shape index (κ2) is 5.04. The van der Waals surface area contributed by atoms with Crippen LogP contribution >= 0.6 is 0 Å². The lowest BCUT2D eigenvalue weighted by Crippen LogP contribution is -2.30. The molecule has 1 fully saturated rings. The van der Waals surface area contributed by atoms with Gasteiger partial charge in [-0.2, -0.15) is 18.4 Å². The summed E-state index contributed by atoms with van der Waals surface area (Å²) in [7, 11) is 1.56. The Labute approximate surface area is 113 Å². The summed E-state index contributed by atoms with van der Waals surface area (Å²) in [6.45, 7) is 0.446. The van der Waals surface area contributed by atoms with E-state index >= 15 is 0 Å². The van der Waals surface area contributed by atoms with Crippen molar-refractivity contribution in [1.82, 2.24) is 4.90 Å². The third-order valence-electron chi connectivity index (χ3n) is 3.06. The number of amides is 1. The second-order valence-corrected chi connectivity index (χ2v) is 4.48. The minimum Gasteiger partial charge on any atom is -0.480 e. The van der Waals surface area contributed by atoms with E-state index in [1.54, 1.807) is 13.1 Å². The van der Waals surface area contributed by atoms with Gasteiger partial charge >= 0.3 is 6.18 Å². The SMILES string of the molecule is CN1CCC(Oc2ccc(C#N)cc2C(F)(F)F)C1=O. The van der Waals surface area contributed by atoms with E-state index in [-0.39, 0.29) is 11.5 Å².